The van der Waals surface area contributed by atoms with E-state index in [9.17, 15) is 0 Å². The van der Waals surface area contributed by atoms with E-state index in [0.717, 1.165) is 28.9 Å². The molecule has 1 atom stereocenters. The van der Waals surface area contributed by atoms with Gasteiger partial charge in [-0.15, -0.1) is 5.54 Å². The van der Waals surface area contributed by atoms with Gasteiger partial charge in [-0.25, -0.2) is 0 Å². The third-order valence-corrected chi connectivity index (χ3v) is 6.75. The van der Waals surface area contributed by atoms with E-state index in [2.05, 4.69) is 136 Å². The second-order valence-corrected chi connectivity index (χ2v) is 15.6. The molecule has 0 bridgehead atoms. The highest BCUT2D eigenvalue weighted by Crippen LogP contribution is 2.37. The Morgan fingerprint density at radius 1 is 0.879 bits per heavy atom. The summed E-state index contributed by atoms with van der Waals surface area (Å²) in [6.07, 6.45) is 0.870. The molecule has 168 valence electrons. The number of anilines is 1. The summed E-state index contributed by atoms with van der Waals surface area (Å²) in [5.74, 6) is 3.40. The molecule has 0 spiro atoms. The van der Waals surface area contributed by atoms with Crippen molar-refractivity contribution in [1.82, 2.24) is 0 Å². The average molecular weight is 451 g/mol. The summed E-state index contributed by atoms with van der Waals surface area (Å²) >= 11 is 0. The minimum Gasteiger partial charge on any atom is -0.257 e. The van der Waals surface area contributed by atoms with Gasteiger partial charge in [-0.2, -0.15) is 5.10 Å². The molecule has 3 aromatic rings. The Balaban J connectivity index is 1.69. The largest absolute Gasteiger partial charge is 0.257 e. The quantitative estimate of drug-likeness (QED) is 0.297. The van der Waals surface area contributed by atoms with E-state index in [-0.39, 0.29) is 11.5 Å². The number of hydrazone groups is 1. The van der Waals surface area contributed by atoms with Gasteiger partial charge in [0.2, 0.25) is 0 Å². The molecular weight excluding hydrogens is 416 g/mol. The van der Waals surface area contributed by atoms with Gasteiger partial charge in [-0.3, -0.25) is 5.01 Å². The van der Waals surface area contributed by atoms with Crippen molar-refractivity contribution in [2.24, 2.45) is 5.10 Å². The summed E-state index contributed by atoms with van der Waals surface area (Å²) in [5, 5.41) is 7.30. The van der Waals surface area contributed by atoms with Crippen LogP contribution in [0.4, 0.5) is 5.69 Å². The van der Waals surface area contributed by atoms with Gasteiger partial charge in [0, 0.05) is 12.0 Å². The smallest absolute Gasteiger partial charge is 0.129 e. The zero-order valence-corrected chi connectivity index (χ0v) is 21.7. The van der Waals surface area contributed by atoms with Crippen molar-refractivity contribution in [2.75, 3.05) is 5.01 Å². The maximum Gasteiger partial charge on any atom is 0.129 e. The van der Waals surface area contributed by atoms with Gasteiger partial charge < -0.3 is 0 Å². The van der Waals surface area contributed by atoms with Gasteiger partial charge in [0.25, 0.3) is 0 Å². The molecule has 0 saturated heterocycles. The summed E-state index contributed by atoms with van der Waals surface area (Å²) in [4.78, 5) is 0. The number of nitrogens with zero attached hydrogens (tertiary/aromatic N) is 2. The van der Waals surface area contributed by atoms with E-state index in [1.807, 2.05) is 0 Å². The third kappa shape index (κ3) is 5.64. The van der Waals surface area contributed by atoms with E-state index < -0.39 is 8.07 Å². The summed E-state index contributed by atoms with van der Waals surface area (Å²) in [6.45, 7) is 13.6. The molecule has 4 rings (SSSR count). The van der Waals surface area contributed by atoms with Crippen LogP contribution in [-0.4, -0.2) is 13.8 Å². The molecule has 0 N–H and O–H groups in total. The minimum atomic E-state index is -1.42. The van der Waals surface area contributed by atoms with Crippen molar-refractivity contribution in [3.63, 3.8) is 0 Å². The maximum absolute atomic E-state index is 5.12. The van der Waals surface area contributed by atoms with Gasteiger partial charge in [-0.1, -0.05) is 101 Å². The molecule has 0 aromatic heterocycles. The van der Waals surface area contributed by atoms with Crippen molar-refractivity contribution in [1.29, 1.82) is 0 Å². The van der Waals surface area contributed by atoms with Crippen molar-refractivity contribution in [2.45, 2.75) is 58.3 Å². The van der Waals surface area contributed by atoms with Crippen LogP contribution in [0, 0.1) is 11.5 Å². The van der Waals surface area contributed by atoms with Gasteiger partial charge in [-0.05, 0) is 46.4 Å². The average Bonchev–Trinajstić information content (AvgIpc) is 3.23. The van der Waals surface area contributed by atoms with E-state index in [1.54, 1.807) is 0 Å². The molecule has 2 nitrogen and oxygen atoms in total. The van der Waals surface area contributed by atoms with Crippen LogP contribution in [0.1, 0.15) is 55.5 Å². The molecule has 33 heavy (non-hydrogen) atoms. The Labute approximate surface area is 200 Å². The first kappa shape index (κ1) is 23.1. The van der Waals surface area contributed by atoms with Crippen molar-refractivity contribution in [3.05, 3.63) is 101 Å². The minimum absolute atomic E-state index is 0.145. The van der Waals surface area contributed by atoms with Crippen LogP contribution in [0.15, 0.2) is 84.0 Å². The first-order valence-corrected chi connectivity index (χ1v) is 15.3. The number of benzene rings is 3. The van der Waals surface area contributed by atoms with Crippen LogP contribution in [-0.2, 0) is 5.41 Å². The highest BCUT2D eigenvalue weighted by atomic mass is 28.3. The van der Waals surface area contributed by atoms with E-state index in [0.29, 0.717) is 0 Å². The van der Waals surface area contributed by atoms with Crippen LogP contribution >= 0.6 is 0 Å². The molecule has 1 aliphatic rings. The molecule has 0 saturated carbocycles. The highest BCUT2D eigenvalue weighted by molar-refractivity contribution is 6.83. The monoisotopic (exact) mass is 450 g/mol. The van der Waals surface area contributed by atoms with Crippen molar-refractivity contribution >= 4 is 19.5 Å². The molecule has 3 heteroatoms. The summed E-state index contributed by atoms with van der Waals surface area (Å²) in [6, 6.07) is 28.3. The number of hydrogen-bond donors (Lipinski definition) is 0. The molecular formula is C30H34N2Si. The third-order valence-electron chi connectivity index (χ3n) is 5.87. The van der Waals surface area contributed by atoms with Crippen LogP contribution in [0.25, 0.3) is 0 Å². The Morgan fingerprint density at radius 2 is 1.58 bits per heavy atom. The Bertz CT molecular complexity index is 1200. The second kappa shape index (κ2) is 9.04. The lowest BCUT2D eigenvalue weighted by Gasteiger charge is -2.25. The molecule has 1 aliphatic heterocycles. The fraction of sp³-hybridized carbons (Fsp3) is 0.300. The van der Waals surface area contributed by atoms with Gasteiger partial charge in [0.15, 0.2) is 0 Å². The SMILES string of the molecule is CC(C)(C)c1ccc(C2CC(c3cccc(C#C[Si](C)(C)C)c3)=NN2c2ccccc2)cc1. The van der Waals surface area contributed by atoms with Crippen LogP contribution in [0.3, 0.4) is 0 Å². The molecule has 0 aliphatic carbocycles. The van der Waals surface area contributed by atoms with E-state index in [1.165, 1.54) is 11.1 Å². The van der Waals surface area contributed by atoms with Crippen LogP contribution in [0.5, 0.6) is 0 Å². The topological polar surface area (TPSA) is 15.6 Å². The highest BCUT2D eigenvalue weighted by Gasteiger charge is 2.30. The lowest BCUT2D eigenvalue weighted by atomic mass is 9.86. The fourth-order valence-electron chi connectivity index (χ4n) is 4.00. The molecule has 0 fully saturated rings. The van der Waals surface area contributed by atoms with E-state index >= 15 is 0 Å². The Morgan fingerprint density at radius 3 is 2.21 bits per heavy atom. The normalized spacial score (nSPS) is 16.2. The molecule has 1 heterocycles. The summed E-state index contributed by atoms with van der Waals surface area (Å²) < 4.78 is 0. The predicted octanol–water partition coefficient (Wildman–Crippen LogP) is 7.57. The number of hydrogen-bond acceptors (Lipinski definition) is 2. The van der Waals surface area contributed by atoms with Crippen molar-refractivity contribution < 1.29 is 0 Å². The van der Waals surface area contributed by atoms with Gasteiger partial charge >= 0.3 is 0 Å². The fourth-order valence-corrected chi connectivity index (χ4v) is 4.52. The lowest BCUT2D eigenvalue weighted by molar-refractivity contribution is 0.589. The van der Waals surface area contributed by atoms with E-state index in [4.69, 9.17) is 5.10 Å². The number of para-hydroxylation sites is 1. The first-order valence-electron chi connectivity index (χ1n) is 11.8. The Kier molecular flexibility index (Phi) is 6.32. The number of rotatable bonds is 3. The maximum atomic E-state index is 5.12. The van der Waals surface area contributed by atoms with Crippen LogP contribution < -0.4 is 5.01 Å². The zero-order valence-electron chi connectivity index (χ0n) is 20.7. The van der Waals surface area contributed by atoms with Crippen molar-refractivity contribution in [3.8, 4) is 11.5 Å². The zero-order chi connectivity index (χ0) is 23.6. The van der Waals surface area contributed by atoms with Gasteiger partial charge in [0.05, 0.1) is 17.4 Å². The standard InChI is InChI=1S/C30H34N2Si/c1-30(2,3)26-17-15-24(16-18-26)29-22-28(31-32(29)27-13-8-7-9-14-27)25-12-10-11-23(21-25)19-20-33(4,5)6/h7-18,21,29H,22H2,1-6H3. The van der Waals surface area contributed by atoms with Gasteiger partial charge in [0.1, 0.15) is 8.07 Å². The Hall–Kier alpha value is -3.09. The first-order chi connectivity index (χ1) is 15.6. The molecule has 3 aromatic carbocycles. The molecule has 0 amide bonds. The lowest BCUT2D eigenvalue weighted by Crippen LogP contribution is -2.19. The summed E-state index contributed by atoms with van der Waals surface area (Å²) in [5.41, 5.74) is 10.7. The molecule has 0 radical (unpaired) electrons. The molecule has 1 unspecified atom stereocenters. The second-order valence-electron chi connectivity index (χ2n) is 10.9. The van der Waals surface area contributed by atoms with Crippen LogP contribution in [0.2, 0.25) is 19.6 Å². The predicted molar refractivity (Wildman–Crippen MR) is 145 cm³/mol. The summed E-state index contributed by atoms with van der Waals surface area (Å²) in [7, 11) is -1.42.